The molecule has 0 bridgehead atoms. The highest BCUT2D eigenvalue weighted by atomic mass is 35.5. The Morgan fingerprint density at radius 2 is 2.05 bits per heavy atom. The Hall–Kier alpha value is -2.34. The van der Waals surface area contributed by atoms with E-state index in [1.165, 1.54) is 18.2 Å². The third-order valence-corrected chi connectivity index (χ3v) is 2.93. The normalized spacial score (nSPS) is 10.4. The molecule has 1 aromatic heterocycles. The van der Waals surface area contributed by atoms with Crippen molar-refractivity contribution in [3.63, 3.8) is 0 Å². The molecule has 0 aliphatic carbocycles. The van der Waals surface area contributed by atoms with E-state index in [2.05, 4.69) is 4.98 Å². The molecule has 0 aliphatic heterocycles. The molecule has 6 nitrogen and oxygen atoms in total. The molecule has 7 heteroatoms. The van der Waals surface area contributed by atoms with E-state index in [1.54, 1.807) is 13.0 Å². The van der Waals surface area contributed by atoms with Crippen LogP contribution >= 0.6 is 11.6 Å². The van der Waals surface area contributed by atoms with Crippen molar-refractivity contribution < 1.29 is 14.8 Å². The minimum absolute atomic E-state index is 0.00764. The summed E-state index contributed by atoms with van der Waals surface area (Å²) < 4.78 is 0. The highest BCUT2D eigenvalue weighted by Gasteiger charge is 2.18. The number of nitrogens with one attached hydrogen (secondary N) is 1. The van der Waals surface area contributed by atoms with Crippen LogP contribution in [0.3, 0.4) is 0 Å². The first-order valence-electron chi connectivity index (χ1n) is 5.27. The summed E-state index contributed by atoms with van der Waals surface area (Å²) in [6.07, 6.45) is 0. The Bertz CT molecular complexity index is 678. The number of aryl methyl sites for hydroxylation is 1. The van der Waals surface area contributed by atoms with Crippen LogP contribution in [-0.4, -0.2) is 21.0 Å². The van der Waals surface area contributed by atoms with Gasteiger partial charge in [0, 0.05) is 29.0 Å². The molecule has 0 saturated heterocycles. The van der Waals surface area contributed by atoms with Gasteiger partial charge in [-0.2, -0.15) is 0 Å². The molecule has 2 N–H and O–H groups in total. The Balaban J connectivity index is 2.59. The van der Waals surface area contributed by atoms with Crippen LogP contribution in [0.2, 0.25) is 5.02 Å². The monoisotopic (exact) mass is 280 g/mol. The van der Waals surface area contributed by atoms with Crippen LogP contribution in [0.4, 0.5) is 5.69 Å². The lowest BCUT2D eigenvalue weighted by molar-refractivity contribution is -0.384. The van der Waals surface area contributed by atoms with Gasteiger partial charge in [0.05, 0.1) is 9.95 Å². The minimum Gasteiger partial charge on any atom is -0.477 e. The maximum absolute atomic E-state index is 11.1. The van der Waals surface area contributed by atoms with Crippen LogP contribution < -0.4 is 0 Å². The number of non-ortho nitro benzene ring substituents is 1. The fourth-order valence-corrected chi connectivity index (χ4v) is 2.08. The third-order valence-electron chi connectivity index (χ3n) is 2.62. The van der Waals surface area contributed by atoms with E-state index in [4.69, 9.17) is 16.7 Å². The zero-order chi connectivity index (χ0) is 14.2. The lowest BCUT2D eigenvalue weighted by Crippen LogP contribution is -1.99. The predicted molar refractivity (Wildman–Crippen MR) is 69.6 cm³/mol. The lowest BCUT2D eigenvalue weighted by atomic mass is 10.1. The molecule has 0 aliphatic rings. The Kier molecular flexibility index (Phi) is 3.26. The number of hydrogen-bond acceptors (Lipinski definition) is 3. The Morgan fingerprint density at radius 1 is 1.37 bits per heavy atom. The van der Waals surface area contributed by atoms with Crippen molar-refractivity contribution in [2.45, 2.75) is 6.92 Å². The second-order valence-corrected chi connectivity index (χ2v) is 4.37. The van der Waals surface area contributed by atoms with E-state index in [0.29, 0.717) is 16.8 Å². The molecule has 0 amide bonds. The van der Waals surface area contributed by atoms with Gasteiger partial charge in [-0.1, -0.05) is 11.6 Å². The predicted octanol–water partition coefficient (Wildman–Crippen LogP) is 3.25. The molecule has 1 aromatic carbocycles. The molecule has 2 rings (SSSR count). The van der Waals surface area contributed by atoms with Crippen molar-refractivity contribution in [3.05, 3.63) is 50.8 Å². The summed E-state index contributed by atoms with van der Waals surface area (Å²) in [6.45, 7) is 1.72. The van der Waals surface area contributed by atoms with Crippen molar-refractivity contribution in [2.75, 3.05) is 0 Å². The van der Waals surface area contributed by atoms with Crippen LogP contribution in [0, 0.1) is 17.0 Å². The maximum Gasteiger partial charge on any atom is 0.352 e. The molecule has 2 aromatic rings. The average Bonchev–Trinajstić information content (AvgIpc) is 2.71. The van der Waals surface area contributed by atoms with Crippen LogP contribution in [-0.2, 0) is 0 Å². The number of carbonyl (C=O) groups is 1. The van der Waals surface area contributed by atoms with E-state index in [-0.39, 0.29) is 16.4 Å². The quantitative estimate of drug-likeness (QED) is 0.666. The SMILES string of the molecule is Cc1cc(-c2ccc([N+](=O)[O-])cc2Cl)c(C(=O)O)[nH]1. The number of halogens is 1. The van der Waals surface area contributed by atoms with Crippen molar-refractivity contribution in [1.82, 2.24) is 4.98 Å². The van der Waals surface area contributed by atoms with Gasteiger partial charge in [0.15, 0.2) is 0 Å². The molecule has 19 heavy (non-hydrogen) atoms. The molecule has 0 unspecified atom stereocenters. The number of aromatic carboxylic acids is 1. The fourth-order valence-electron chi connectivity index (χ4n) is 1.81. The molecule has 1 heterocycles. The number of rotatable bonds is 3. The van der Waals surface area contributed by atoms with Crippen LogP contribution in [0.5, 0.6) is 0 Å². The zero-order valence-corrected chi connectivity index (χ0v) is 10.6. The van der Waals surface area contributed by atoms with Crippen molar-refractivity contribution in [3.8, 4) is 11.1 Å². The van der Waals surface area contributed by atoms with Gasteiger partial charge in [-0.25, -0.2) is 4.79 Å². The van der Waals surface area contributed by atoms with Crippen molar-refractivity contribution >= 4 is 23.3 Å². The largest absolute Gasteiger partial charge is 0.477 e. The van der Waals surface area contributed by atoms with Gasteiger partial charge in [-0.05, 0) is 19.1 Å². The fraction of sp³-hybridized carbons (Fsp3) is 0.0833. The van der Waals surface area contributed by atoms with E-state index < -0.39 is 10.9 Å². The van der Waals surface area contributed by atoms with E-state index >= 15 is 0 Å². The molecule has 0 saturated carbocycles. The van der Waals surface area contributed by atoms with Crippen LogP contribution in [0.25, 0.3) is 11.1 Å². The summed E-state index contributed by atoms with van der Waals surface area (Å²) >= 11 is 5.98. The van der Waals surface area contributed by atoms with Gasteiger partial charge < -0.3 is 10.1 Å². The lowest BCUT2D eigenvalue weighted by Gasteiger charge is -2.03. The first-order chi connectivity index (χ1) is 8.90. The summed E-state index contributed by atoms with van der Waals surface area (Å²) in [4.78, 5) is 23.9. The number of nitro groups is 1. The van der Waals surface area contributed by atoms with E-state index in [0.717, 1.165) is 0 Å². The van der Waals surface area contributed by atoms with Crippen LogP contribution in [0.15, 0.2) is 24.3 Å². The molecule has 0 radical (unpaired) electrons. The first-order valence-corrected chi connectivity index (χ1v) is 5.65. The summed E-state index contributed by atoms with van der Waals surface area (Å²) in [6, 6.07) is 5.56. The summed E-state index contributed by atoms with van der Waals surface area (Å²) in [7, 11) is 0. The number of H-pyrrole nitrogens is 1. The number of aromatic amines is 1. The highest BCUT2D eigenvalue weighted by molar-refractivity contribution is 6.33. The van der Waals surface area contributed by atoms with Gasteiger partial charge in [0.25, 0.3) is 5.69 Å². The number of carboxylic acids is 1. The van der Waals surface area contributed by atoms with Gasteiger partial charge in [-0.3, -0.25) is 10.1 Å². The second-order valence-electron chi connectivity index (χ2n) is 3.97. The molecule has 98 valence electrons. The molecular weight excluding hydrogens is 272 g/mol. The van der Waals surface area contributed by atoms with E-state index in [1.807, 2.05) is 0 Å². The standard InChI is InChI=1S/C12H9ClN2O4/c1-6-4-9(11(14-6)12(16)17)8-3-2-7(15(18)19)5-10(8)13/h2-5,14H,1H3,(H,16,17). The van der Waals surface area contributed by atoms with Crippen molar-refractivity contribution in [1.29, 1.82) is 0 Å². The molecular formula is C12H9ClN2O4. The third kappa shape index (κ3) is 2.43. The Labute approximate surface area is 112 Å². The van der Waals surface area contributed by atoms with Gasteiger partial charge >= 0.3 is 5.97 Å². The van der Waals surface area contributed by atoms with Gasteiger partial charge in [-0.15, -0.1) is 0 Å². The Morgan fingerprint density at radius 3 is 2.58 bits per heavy atom. The highest BCUT2D eigenvalue weighted by Crippen LogP contribution is 2.33. The topological polar surface area (TPSA) is 96.2 Å². The number of hydrogen-bond donors (Lipinski definition) is 2. The number of nitro benzene ring substituents is 1. The summed E-state index contributed by atoms with van der Waals surface area (Å²) in [5.41, 5.74) is 1.38. The average molecular weight is 281 g/mol. The molecule has 0 spiro atoms. The van der Waals surface area contributed by atoms with E-state index in [9.17, 15) is 14.9 Å². The second kappa shape index (κ2) is 4.74. The molecule has 0 atom stereocenters. The molecule has 0 fully saturated rings. The smallest absolute Gasteiger partial charge is 0.352 e. The maximum atomic E-state index is 11.1. The van der Waals surface area contributed by atoms with Crippen molar-refractivity contribution in [2.24, 2.45) is 0 Å². The summed E-state index contributed by atoms with van der Waals surface area (Å²) in [5, 5.41) is 19.9. The number of aromatic nitrogens is 1. The zero-order valence-electron chi connectivity index (χ0n) is 9.81. The van der Waals surface area contributed by atoms with Gasteiger partial charge in [0.2, 0.25) is 0 Å². The first kappa shape index (κ1) is 13.1. The van der Waals surface area contributed by atoms with Gasteiger partial charge in [0.1, 0.15) is 5.69 Å². The summed E-state index contributed by atoms with van der Waals surface area (Å²) in [5.74, 6) is -1.11. The number of carboxylic acid groups (broad SMARTS) is 1. The number of nitrogens with zero attached hydrogens (tertiary/aromatic N) is 1. The minimum atomic E-state index is -1.11. The number of benzene rings is 1. The van der Waals surface area contributed by atoms with Crippen LogP contribution in [0.1, 0.15) is 16.2 Å².